The van der Waals surface area contributed by atoms with E-state index in [1.54, 1.807) is 6.33 Å². The lowest BCUT2D eigenvalue weighted by Gasteiger charge is -2.24. The highest BCUT2D eigenvalue weighted by Gasteiger charge is 2.27. The molecule has 0 radical (unpaired) electrons. The molecule has 20 heavy (non-hydrogen) atoms. The second-order valence-corrected chi connectivity index (χ2v) is 6.07. The monoisotopic (exact) mass is 280 g/mol. The van der Waals surface area contributed by atoms with E-state index in [9.17, 15) is 0 Å². The molecule has 0 amide bonds. The largest absolute Gasteiger partial charge is 0.377 e. The summed E-state index contributed by atoms with van der Waals surface area (Å²) in [6, 6.07) is 0.354. The summed E-state index contributed by atoms with van der Waals surface area (Å²) in [4.78, 5) is 4.44. The standard InChI is InChI=1S/C15H28N4O/c1-4-7-16-13(14-6-5-8-20-14)9-15-17-11-18-19(15)10-12(2)3/h11-14,16H,4-10H2,1-3H3. The van der Waals surface area contributed by atoms with Crippen LogP contribution in [-0.2, 0) is 17.7 Å². The van der Waals surface area contributed by atoms with E-state index < -0.39 is 0 Å². The third-order valence-corrected chi connectivity index (χ3v) is 3.71. The van der Waals surface area contributed by atoms with Gasteiger partial charge in [-0.15, -0.1) is 0 Å². The van der Waals surface area contributed by atoms with Gasteiger partial charge in [0.25, 0.3) is 0 Å². The first-order chi connectivity index (χ1) is 9.70. The first-order valence-electron chi connectivity index (χ1n) is 7.92. The maximum absolute atomic E-state index is 5.86. The van der Waals surface area contributed by atoms with Crippen LogP contribution in [0, 0.1) is 5.92 Å². The number of rotatable bonds is 8. The van der Waals surface area contributed by atoms with Crippen molar-refractivity contribution in [1.29, 1.82) is 0 Å². The van der Waals surface area contributed by atoms with Gasteiger partial charge in [0.05, 0.1) is 6.10 Å². The molecule has 0 aliphatic carbocycles. The smallest absolute Gasteiger partial charge is 0.138 e. The number of nitrogens with one attached hydrogen (secondary N) is 1. The van der Waals surface area contributed by atoms with Gasteiger partial charge in [-0.2, -0.15) is 5.10 Å². The predicted octanol–water partition coefficient (Wildman–Crippen LogP) is 2.02. The summed E-state index contributed by atoms with van der Waals surface area (Å²) in [7, 11) is 0. The third kappa shape index (κ3) is 4.28. The predicted molar refractivity (Wildman–Crippen MR) is 79.6 cm³/mol. The Hall–Kier alpha value is -0.940. The summed E-state index contributed by atoms with van der Waals surface area (Å²) in [5.74, 6) is 1.66. The Morgan fingerprint density at radius 1 is 1.50 bits per heavy atom. The Kier molecular flexibility index (Phi) is 5.98. The summed E-state index contributed by atoms with van der Waals surface area (Å²) in [5, 5.41) is 7.98. The minimum absolute atomic E-state index is 0.325. The quantitative estimate of drug-likeness (QED) is 0.791. The van der Waals surface area contributed by atoms with Crippen molar-refractivity contribution in [2.75, 3.05) is 13.2 Å². The normalized spacial score (nSPS) is 20.7. The molecule has 2 unspecified atom stereocenters. The minimum Gasteiger partial charge on any atom is -0.377 e. The lowest BCUT2D eigenvalue weighted by Crippen LogP contribution is -2.42. The van der Waals surface area contributed by atoms with Crippen LogP contribution in [0.2, 0.25) is 0 Å². The molecule has 0 spiro atoms. The van der Waals surface area contributed by atoms with E-state index in [4.69, 9.17) is 4.74 Å². The second kappa shape index (κ2) is 7.74. The molecular weight excluding hydrogens is 252 g/mol. The number of aromatic nitrogens is 3. The molecule has 1 aromatic heterocycles. The first-order valence-corrected chi connectivity index (χ1v) is 7.92. The summed E-state index contributed by atoms with van der Waals surface area (Å²) in [6.07, 6.45) is 6.36. The van der Waals surface area contributed by atoms with Crippen molar-refractivity contribution in [2.24, 2.45) is 5.92 Å². The van der Waals surface area contributed by atoms with Gasteiger partial charge < -0.3 is 10.1 Å². The molecule has 2 heterocycles. The van der Waals surface area contributed by atoms with Crippen molar-refractivity contribution in [2.45, 2.75) is 65.1 Å². The van der Waals surface area contributed by atoms with Gasteiger partial charge in [0.15, 0.2) is 0 Å². The van der Waals surface area contributed by atoms with Gasteiger partial charge in [-0.1, -0.05) is 20.8 Å². The van der Waals surface area contributed by atoms with Gasteiger partial charge in [-0.25, -0.2) is 9.67 Å². The zero-order valence-corrected chi connectivity index (χ0v) is 13.0. The molecule has 114 valence electrons. The van der Waals surface area contributed by atoms with Crippen molar-refractivity contribution in [3.8, 4) is 0 Å². The van der Waals surface area contributed by atoms with E-state index in [0.717, 1.165) is 44.8 Å². The summed E-state index contributed by atoms with van der Waals surface area (Å²) < 4.78 is 7.90. The van der Waals surface area contributed by atoms with Crippen LogP contribution < -0.4 is 5.32 Å². The van der Waals surface area contributed by atoms with Gasteiger partial charge >= 0.3 is 0 Å². The van der Waals surface area contributed by atoms with Gasteiger partial charge in [-0.3, -0.25) is 0 Å². The average Bonchev–Trinajstić information content (AvgIpc) is 3.05. The number of hydrogen-bond acceptors (Lipinski definition) is 4. The number of hydrogen-bond donors (Lipinski definition) is 1. The van der Waals surface area contributed by atoms with Crippen molar-refractivity contribution >= 4 is 0 Å². The fraction of sp³-hybridized carbons (Fsp3) is 0.867. The highest BCUT2D eigenvalue weighted by atomic mass is 16.5. The fourth-order valence-corrected chi connectivity index (χ4v) is 2.73. The molecule has 1 saturated heterocycles. The Morgan fingerprint density at radius 3 is 3.00 bits per heavy atom. The molecule has 1 aromatic rings. The Labute approximate surface area is 122 Å². The third-order valence-electron chi connectivity index (χ3n) is 3.71. The Balaban J connectivity index is 2.00. The SMILES string of the molecule is CCCNC(Cc1ncnn1CC(C)C)C1CCCO1. The lowest BCUT2D eigenvalue weighted by atomic mass is 10.0. The van der Waals surface area contributed by atoms with Gasteiger partial charge in [-0.05, 0) is 31.7 Å². The molecule has 2 atom stereocenters. The highest BCUT2D eigenvalue weighted by Crippen LogP contribution is 2.18. The topological polar surface area (TPSA) is 52.0 Å². The Morgan fingerprint density at radius 2 is 2.35 bits per heavy atom. The molecule has 1 N–H and O–H groups in total. The van der Waals surface area contributed by atoms with E-state index in [1.165, 1.54) is 6.42 Å². The molecule has 0 bridgehead atoms. The van der Waals surface area contributed by atoms with Crippen molar-refractivity contribution in [1.82, 2.24) is 20.1 Å². The van der Waals surface area contributed by atoms with Crippen LogP contribution in [0.5, 0.6) is 0 Å². The van der Waals surface area contributed by atoms with Crippen LogP contribution in [-0.4, -0.2) is 40.1 Å². The van der Waals surface area contributed by atoms with Crippen molar-refractivity contribution in [3.05, 3.63) is 12.2 Å². The average molecular weight is 280 g/mol. The van der Waals surface area contributed by atoms with E-state index in [1.807, 2.05) is 4.68 Å². The zero-order valence-electron chi connectivity index (χ0n) is 13.0. The van der Waals surface area contributed by atoms with Gasteiger partial charge in [0.1, 0.15) is 12.2 Å². The zero-order chi connectivity index (χ0) is 14.4. The summed E-state index contributed by atoms with van der Waals surface area (Å²) in [5.41, 5.74) is 0. The van der Waals surface area contributed by atoms with E-state index in [0.29, 0.717) is 18.1 Å². The minimum atomic E-state index is 0.325. The van der Waals surface area contributed by atoms with Gasteiger partial charge in [0, 0.05) is 25.6 Å². The van der Waals surface area contributed by atoms with E-state index >= 15 is 0 Å². The molecular formula is C15H28N4O. The van der Waals surface area contributed by atoms with Crippen LogP contribution in [0.3, 0.4) is 0 Å². The molecule has 2 rings (SSSR count). The van der Waals surface area contributed by atoms with Crippen molar-refractivity contribution in [3.63, 3.8) is 0 Å². The van der Waals surface area contributed by atoms with E-state index in [-0.39, 0.29) is 0 Å². The Bertz CT molecular complexity index is 385. The number of ether oxygens (including phenoxy) is 1. The maximum atomic E-state index is 5.86. The summed E-state index contributed by atoms with van der Waals surface area (Å²) in [6.45, 7) is 9.47. The van der Waals surface area contributed by atoms with Crippen LogP contribution in [0.15, 0.2) is 6.33 Å². The summed E-state index contributed by atoms with van der Waals surface area (Å²) >= 11 is 0. The highest BCUT2D eigenvalue weighted by molar-refractivity contribution is 4.94. The fourth-order valence-electron chi connectivity index (χ4n) is 2.73. The van der Waals surface area contributed by atoms with Crippen molar-refractivity contribution < 1.29 is 4.74 Å². The molecule has 0 saturated carbocycles. The molecule has 5 nitrogen and oxygen atoms in total. The molecule has 1 fully saturated rings. The maximum Gasteiger partial charge on any atom is 0.138 e. The number of nitrogens with zero attached hydrogens (tertiary/aromatic N) is 3. The molecule has 0 aromatic carbocycles. The molecule has 1 aliphatic heterocycles. The second-order valence-electron chi connectivity index (χ2n) is 6.07. The van der Waals surface area contributed by atoms with E-state index in [2.05, 4.69) is 36.2 Å². The van der Waals surface area contributed by atoms with Gasteiger partial charge in [0.2, 0.25) is 0 Å². The van der Waals surface area contributed by atoms with Crippen LogP contribution in [0.25, 0.3) is 0 Å². The lowest BCUT2D eigenvalue weighted by molar-refractivity contribution is 0.0773. The first kappa shape index (κ1) is 15.4. The van der Waals surface area contributed by atoms with Crippen LogP contribution in [0.1, 0.15) is 45.9 Å². The van der Waals surface area contributed by atoms with Crippen LogP contribution >= 0.6 is 0 Å². The molecule has 1 aliphatic rings. The molecule has 5 heteroatoms. The van der Waals surface area contributed by atoms with Crippen LogP contribution in [0.4, 0.5) is 0 Å².